The number of rotatable bonds is 7. The Labute approximate surface area is 222 Å². The molecule has 10 heteroatoms. The van der Waals surface area contributed by atoms with Gasteiger partial charge in [0.1, 0.15) is 6.61 Å². The van der Waals surface area contributed by atoms with Crippen LogP contribution in [0.25, 0.3) is 0 Å². The molecule has 0 radical (unpaired) electrons. The summed E-state index contributed by atoms with van der Waals surface area (Å²) in [5.41, 5.74) is 4.95. The van der Waals surface area contributed by atoms with E-state index in [9.17, 15) is 14.4 Å². The molecule has 3 heterocycles. The van der Waals surface area contributed by atoms with Gasteiger partial charge in [-0.25, -0.2) is 9.79 Å². The molecule has 1 atom stereocenters. The Hall–Kier alpha value is -3.11. The number of amides is 2. The van der Waals surface area contributed by atoms with E-state index in [4.69, 9.17) is 14.5 Å². The number of fused-ring (bicyclic) bond motifs is 1. The molecule has 0 saturated carbocycles. The number of aryl methyl sites for hydroxylation is 2. The summed E-state index contributed by atoms with van der Waals surface area (Å²) in [5, 5.41) is 2.69. The summed E-state index contributed by atoms with van der Waals surface area (Å²) >= 11 is 1.46. The minimum Gasteiger partial charge on any atom is -0.460 e. The Balaban J connectivity index is 1.63. The molecule has 0 N–H and O–H groups in total. The number of carbonyl (C=O) groups is 3. The highest BCUT2D eigenvalue weighted by atomic mass is 32.2. The van der Waals surface area contributed by atoms with Crippen molar-refractivity contribution in [2.75, 3.05) is 46.5 Å². The van der Waals surface area contributed by atoms with Crippen LogP contribution in [-0.4, -0.2) is 84.2 Å². The third-order valence-electron chi connectivity index (χ3n) is 6.88. The average molecular weight is 527 g/mol. The van der Waals surface area contributed by atoms with Gasteiger partial charge in [-0.3, -0.25) is 9.59 Å². The molecule has 2 amide bonds. The molecule has 3 aliphatic rings. The highest BCUT2D eigenvalue weighted by molar-refractivity contribution is 8.16. The molecular weight excluding hydrogens is 492 g/mol. The van der Waals surface area contributed by atoms with Crippen LogP contribution in [0.3, 0.4) is 0 Å². The van der Waals surface area contributed by atoms with E-state index in [1.165, 1.54) is 11.8 Å². The van der Waals surface area contributed by atoms with Crippen molar-refractivity contribution in [3.8, 4) is 0 Å². The fourth-order valence-corrected chi connectivity index (χ4v) is 5.78. The van der Waals surface area contributed by atoms with Gasteiger partial charge in [0.15, 0.2) is 5.17 Å². The number of benzene rings is 1. The Morgan fingerprint density at radius 2 is 1.76 bits per heavy atom. The lowest BCUT2D eigenvalue weighted by Gasteiger charge is -2.38. The van der Waals surface area contributed by atoms with E-state index >= 15 is 0 Å². The second kappa shape index (κ2) is 11.5. The fourth-order valence-electron chi connectivity index (χ4n) is 4.81. The third-order valence-corrected chi connectivity index (χ3v) is 7.77. The molecule has 37 heavy (non-hydrogen) atoms. The summed E-state index contributed by atoms with van der Waals surface area (Å²) in [7, 11) is 1.56. The van der Waals surface area contributed by atoms with Gasteiger partial charge < -0.3 is 24.2 Å². The first-order valence-electron chi connectivity index (χ1n) is 12.4. The maximum absolute atomic E-state index is 13.3. The van der Waals surface area contributed by atoms with Crippen molar-refractivity contribution in [3.05, 3.63) is 57.3 Å². The Morgan fingerprint density at radius 1 is 1.05 bits per heavy atom. The van der Waals surface area contributed by atoms with Gasteiger partial charge in [0.05, 0.1) is 30.3 Å². The van der Waals surface area contributed by atoms with E-state index in [2.05, 4.69) is 6.07 Å². The summed E-state index contributed by atoms with van der Waals surface area (Å²) in [6.45, 7) is 9.96. The monoisotopic (exact) mass is 526 g/mol. The van der Waals surface area contributed by atoms with Gasteiger partial charge in [-0.15, -0.1) is 0 Å². The van der Waals surface area contributed by atoms with Crippen molar-refractivity contribution >= 4 is 34.7 Å². The highest BCUT2D eigenvalue weighted by Gasteiger charge is 2.42. The normalized spacial score (nSPS) is 19.5. The van der Waals surface area contributed by atoms with Crippen LogP contribution in [-0.2, 0) is 23.9 Å². The molecule has 1 fully saturated rings. The quantitative estimate of drug-likeness (QED) is 0.398. The van der Waals surface area contributed by atoms with E-state index in [-0.39, 0.29) is 24.8 Å². The number of aliphatic imine (C=N–C) groups is 1. The first-order chi connectivity index (χ1) is 17.7. The van der Waals surface area contributed by atoms with Crippen molar-refractivity contribution in [1.82, 2.24) is 14.7 Å². The zero-order valence-corrected chi connectivity index (χ0v) is 22.9. The molecule has 3 aliphatic heterocycles. The molecule has 198 valence electrons. The topological polar surface area (TPSA) is 91.7 Å². The van der Waals surface area contributed by atoms with Gasteiger partial charge in [-0.2, -0.15) is 0 Å². The number of thioether (sulfide) groups is 1. The molecule has 0 bridgehead atoms. The molecule has 0 aliphatic carbocycles. The van der Waals surface area contributed by atoms with E-state index < -0.39 is 12.0 Å². The van der Waals surface area contributed by atoms with E-state index in [1.807, 2.05) is 43.2 Å². The molecule has 4 rings (SSSR count). The number of piperazine rings is 1. The lowest BCUT2D eigenvalue weighted by molar-refractivity contribution is -0.141. The van der Waals surface area contributed by atoms with Gasteiger partial charge in [0.25, 0.3) is 0 Å². The largest absolute Gasteiger partial charge is 0.460 e. The lowest BCUT2D eigenvalue weighted by Crippen LogP contribution is -2.50. The summed E-state index contributed by atoms with van der Waals surface area (Å²) in [6, 6.07) is 5.71. The van der Waals surface area contributed by atoms with Gasteiger partial charge in [0, 0.05) is 45.9 Å². The van der Waals surface area contributed by atoms with Crippen molar-refractivity contribution in [1.29, 1.82) is 0 Å². The van der Waals surface area contributed by atoms with E-state index in [1.54, 1.807) is 23.8 Å². The minimum absolute atomic E-state index is 0.00786. The molecule has 1 saturated heterocycles. The Bertz CT molecular complexity index is 1180. The van der Waals surface area contributed by atoms with Crippen LogP contribution in [0.4, 0.5) is 0 Å². The fraction of sp³-hybridized carbons (Fsp3) is 0.481. The van der Waals surface area contributed by atoms with Crippen LogP contribution in [0.5, 0.6) is 0 Å². The van der Waals surface area contributed by atoms with Crippen LogP contribution in [0.15, 0.2) is 45.6 Å². The summed E-state index contributed by atoms with van der Waals surface area (Å²) in [6.07, 6.45) is 0.179. The summed E-state index contributed by atoms with van der Waals surface area (Å²) in [4.78, 5) is 48.6. The zero-order chi connectivity index (χ0) is 26.7. The molecule has 9 nitrogen and oxygen atoms in total. The number of methoxy groups -OCH3 is 1. The molecule has 1 aromatic carbocycles. The Morgan fingerprint density at radius 3 is 2.43 bits per heavy atom. The second-order valence-electron chi connectivity index (χ2n) is 9.45. The first-order valence-corrected chi connectivity index (χ1v) is 13.3. The maximum atomic E-state index is 13.3. The number of hydrogen-bond acceptors (Lipinski definition) is 8. The number of ether oxygens (including phenoxy) is 2. The van der Waals surface area contributed by atoms with E-state index in [0.29, 0.717) is 44.1 Å². The standard InChI is InChI=1S/C27H34N4O5S/c1-17-6-7-18(2)22(14-17)25-24(26(34)36-13-12-35-5)19(3)28-27-31(25)21(16-37-27)15-23(33)30-10-8-29(9-11-30)20(4)32/h6-7,14,16,25H,8-13,15H2,1-5H3/t25-/m1/s1. The molecule has 0 unspecified atom stereocenters. The van der Waals surface area contributed by atoms with Gasteiger partial charge >= 0.3 is 5.97 Å². The van der Waals surface area contributed by atoms with Gasteiger partial charge in [-0.1, -0.05) is 35.5 Å². The van der Waals surface area contributed by atoms with E-state index in [0.717, 1.165) is 27.6 Å². The smallest absolute Gasteiger partial charge is 0.338 e. The number of nitrogens with zero attached hydrogens (tertiary/aromatic N) is 4. The number of carbonyl (C=O) groups excluding carboxylic acids is 3. The number of esters is 1. The Kier molecular flexibility index (Phi) is 8.39. The van der Waals surface area contributed by atoms with Crippen LogP contribution < -0.4 is 0 Å². The van der Waals surface area contributed by atoms with Crippen molar-refractivity contribution in [2.45, 2.75) is 40.2 Å². The molecule has 0 spiro atoms. The summed E-state index contributed by atoms with van der Waals surface area (Å²) in [5.74, 6) is -0.419. The maximum Gasteiger partial charge on any atom is 0.338 e. The van der Waals surface area contributed by atoms with Crippen LogP contribution in [0.2, 0.25) is 0 Å². The molecule has 0 aromatic heterocycles. The lowest BCUT2D eigenvalue weighted by atomic mass is 9.90. The number of allylic oxidation sites excluding steroid dienone is 1. The number of amidine groups is 1. The van der Waals surface area contributed by atoms with Crippen LogP contribution >= 0.6 is 11.8 Å². The van der Waals surface area contributed by atoms with Gasteiger partial charge in [0.2, 0.25) is 11.8 Å². The first kappa shape index (κ1) is 26.9. The van der Waals surface area contributed by atoms with Crippen molar-refractivity contribution in [2.24, 2.45) is 4.99 Å². The average Bonchev–Trinajstić information content (AvgIpc) is 3.26. The van der Waals surface area contributed by atoms with Crippen molar-refractivity contribution < 1.29 is 23.9 Å². The predicted molar refractivity (Wildman–Crippen MR) is 143 cm³/mol. The van der Waals surface area contributed by atoms with Crippen molar-refractivity contribution in [3.63, 3.8) is 0 Å². The second-order valence-corrected chi connectivity index (χ2v) is 10.3. The highest BCUT2D eigenvalue weighted by Crippen LogP contribution is 2.45. The minimum atomic E-state index is -0.467. The molecular formula is C27H34N4O5S. The molecule has 1 aromatic rings. The summed E-state index contributed by atoms with van der Waals surface area (Å²) < 4.78 is 10.6. The predicted octanol–water partition coefficient (Wildman–Crippen LogP) is 3.15. The number of hydrogen-bond donors (Lipinski definition) is 0. The zero-order valence-electron chi connectivity index (χ0n) is 22.1. The van der Waals surface area contributed by atoms with Crippen LogP contribution in [0, 0.1) is 13.8 Å². The SMILES string of the molecule is COCCOC(=O)C1=C(C)N=C2SC=C(CC(=O)N3CCN(C(C)=O)CC3)N2[C@@H]1c1cc(C)ccc1C. The van der Waals surface area contributed by atoms with Crippen LogP contribution in [0.1, 0.15) is 43.0 Å². The third kappa shape index (κ3) is 5.75. The van der Waals surface area contributed by atoms with Gasteiger partial charge in [-0.05, 0) is 37.3 Å².